The van der Waals surface area contributed by atoms with Gasteiger partial charge in [0.1, 0.15) is 5.75 Å². The molecule has 7 heteroatoms. The summed E-state index contributed by atoms with van der Waals surface area (Å²) in [5, 5.41) is 12.5. The Labute approximate surface area is 129 Å². The summed E-state index contributed by atoms with van der Waals surface area (Å²) in [7, 11) is 0. The smallest absolute Gasteiger partial charge is 0.328 e. The fourth-order valence-electron chi connectivity index (χ4n) is 1.60. The largest absolute Gasteiger partial charge is 0.484 e. The number of aryl methyl sites for hydroxylation is 1. The second-order valence-electron chi connectivity index (χ2n) is 4.08. The predicted octanol–water partition coefficient (Wildman–Crippen LogP) is 3.07. The molecular formula is C14H13BrN2O4. The monoisotopic (exact) mass is 352 g/mol. The summed E-state index contributed by atoms with van der Waals surface area (Å²) in [6.07, 6.45) is 3.18. The zero-order valence-corrected chi connectivity index (χ0v) is 12.8. The zero-order chi connectivity index (χ0) is 15.2. The van der Waals surface area contributed by atoms with Crippen molar-refractivity contribution in [2.45, 2.75) is 20.0 Å². The van der Waals surface area contributed by atoms with Crippen molar-refractivity contribution in [2.75, 3.05) is 0 Å². The van der Waals surface area contributed by atoms with E-state index in [2.05, 4.69) is 26.1 Å². The van der Waals surface area contributed by atoms with Crippen molar-refractivity contribution < 1.29 is 19.2 Å². The van der Waals surface area contributed by atoms with Gasteiger partial charge in [-0.2, -0.15) is 4.98 Å². The molecular weight excluding hydrogens is 340 g/mol. The molecule has 21 heavy (non-hydrogen) atoms. The van der Waals surface area contributed by atoms with E-state index in [1.807, 2.05) is 6.92 Å². The van der Waals surface area contributed by atoms with E-state index >= 15 is 0 Å². The summed E-state index contributed by atoms with van der Waals surface area (Å²) >= 11 is 3.38. The van der Waals surface area contributed by atoms with Crippen LogP contribution in [0.15, 0.2) is 33.3 Å². The summed E-state index contributed by atoms with van der Waals surface area (Å²) in [4.78, 5) is 14.8. The number of rotatable bonds is 6. The summed E-state index contributed by atoms with van der Waals surface area (Å²) in [5.41, 5.74) is 0.644. The number of carbonyl (C=O) groups is 1. The predicted molar refractivity (Wildman–Crippen MR) is 78.8 cm³/mol. The SMILES string of the molecule is CCc1nc(COc2c(Br)cccc2C=CC(=O)O)no1. The van der Waals surface area contributed by atoms with Crippen LogP contribution in [0.5, 0.6) is 5.75 Å². The lowest BCUT2D eigenvalue weighted by atomic mass is 10.2. The second kappa shape index (κ2) is 7.03. The Morgan fingerprint density at radius 3 is 3.00 bits per heavy atom. The first-order chi connectivity index (χ1) is 10.1. The molecule has 0 saturated carbocycles. The first kappa shape index (κ1) is 15.2. The number of para-hydroxylation sites is 1. The fraction of sp³-hybridized carbons (Fsp3) is 0.214. The summed E-state index contributed by atoms with van der Waals surface area (Å²) in [6, 6.07) is 5.36. The number of nitrogens with zero attached hydrogens (tertiary/aromatic N) is 2. The molecule has 0 amide bonds. The van der Waals surface area contributed by atoms with E-state index in [0.717, 1.165) is 6.08 Å². The minimum atomic E-state index is -1.02. The van der Waals surface area contributed by atoms with Crippen LogP contribution in [0.4, 0.5) is 0 Å². The number of carboxylic acids is 1. The van der Waals surface area contributed by atoms with Crippen molar-refractivity contribution in [3.05, 3.63) is 46.0 Å². The molecule has 1 aromatic heterocycles. The molecule has 0 atom stereocenters. The molecule has 0 unspecified atom stereocenters. The zero-order valence-electron chi connectivity index (χ0n) is 11.2. The molecule has 1 heterocycles. The van der Waals surface area contributed by atoms with Crippen LogP contribution in [-0.4, -0.2) is 21.2 Å². The lowest BCUT2D eigenvalue weighted by Gasteiger charge is -2.09. The third-order valence-electron chi connectivity index (χ3n) is 2.56. The van der Waals surface area contributed by atoms with Crippen molar-refractivity contribution >= 4 is 28.0 Å². The van der Waals surface area contributed by atoms with Gasteiger partial charge in [0, 0.05) is 18.1 Å². The Bertz CT molecular complexity index is 667. The highest BCUT2D eigenvalue weighted by atomic mass is 79.9. The van der Waals surface area contributed by atoms with E-state index in [1.54, 1.807) is 18.2 Å². The Hall–Kier alpha value is -2.15. The molecule has 2 aromatic rings. The number of aromatic nitrogens is 2. The molecule has 2 rings (SSSR count). The maximum Gasteiger partial charge on any atom is 0.328 e. The van der Waals surface area contributed by atoms with E-state index in [9.17, 15) is 4.79 Å². The van der Waals surface area contributed by atoms with Crippen molar-refractivity contribution in [2.24, 2.45) is 0 Å². The van der Waals surface area contributed by atoms with Gasteiger partial charge in [-0.1, -0.05) is 24.2 Å². The number of hydrogen-bond donors (Lipinski definition) is 1. The number of hydrogen-bond acceptors (Lipinski definition) is 5. The van der Waals surface area contributed by atoms with Crippen molar-refractivity contribution in [1.82, 2.24) is 10.1 Å². The average molecular weight is 353 g/mol. The third-order valence-corrected chi connectivity index (χ3v) is 3.19. The first-order valence-corrected chi connectivity index (χ1v) is 7.03. The van der Waals surface area contributed by atoms with Gasteiger partial charge in [0.2, 0.25) is 11.7 Å². The molecule has 0 bridgehead atoms. The lowest BCUT2D eigenvalue weighted by Crippen LogP contribution is -2.00. The molecule has 0 fully saturated rings. The first-order valence-electron chi connectivity index (χ1n) is 6.24. The number of aliphatic carboxylic acids is 1. The number of ether oxygens (including phenoxy) is 1. The molecule has 0 aliphatic heterocycles. The van der Waals surface area contributed by atoms with Gasteiger partial charge in [-0.25, -0.2) is 4.79 Å². The molecule has 110 valence electrons. The van der Waals surface area contributed by atoms with Crippen molar-refractivity contribution in [1.29, 1.82) is 0 Å². The average Bonchev–Trinajstić information content (AvgIpc) is 2.92. The fourth-order valence-corrected chi connectivity index (χ4v) is 2.10. The van der Waals surface area contributed by atoms with Crippen LogP contribution >= 0.6 is 15.9 Å². The molecule has 0 spiro atoms. The van der Waals surface area contributed by atoms with Gasteiger partial charge in [0.25, 0.3) is 0 Å². The van der Waals surface area contributed by atoms with Crippen LogP contribution in [0, 0.1) is 0 Å². The van der Waals surface area contributed by atoms with Gasteiger partial charge in [-0.05, 0) is 28.1 Å². The van der Waals surface area contributed by atoms with E-state index in [1.165, 1.54) is 6.08 Å². The minimum Gasteiger partial charge on any atom is -0.484 e. The van der Waals surface area contributed by atoms with Crippen LogP contribution in [-0.2, 0) is 17.8 Å². The van der Waals surface area contributed by atoms with Gasteiger partial charge < -0.3 is 14.4 Å². The number of halogens is 1. The summed E-state index contributed by atoms with van der Waals surface area (Å²) in [5.74, 6) is 0.493. The van der Waals surface area contributed by atoms with Crippen LogP contribution in [0.3, 0.4) is 0 Å². The summed E-state index contributed by atoms with van der Waals surface area (Å²) in [6.45, 7) is 2.06. The van der Waals surface area contributed by atoms with E-state index in [-0.39, 0.29) is 6.61 Å². The van der Waals surface area contributed by atoms with Gasteiger partial charge in [0.05, 0.1) is 4.47 Å². The van der Waals surface area contributed by atoms with Crippen LogP contribution in [0.25, 0.3) is 6.08 Å². The van der Waals surface area contributed by atoms with E-state index in [0.29, 0.717) is 33.9 Å². The van der Waals surface area contributed by atoms with Gasteiger partial charge >= 0.3 is 5.97 Å². The van der Waals surface area contributed by atoms with E-state index < -0.39 is 5.97 Å². The van der Waals surface area contributed by atoms with Gasteiger partial charge in [0.15, 0.2) is 6.61 Å². The van der Waals surface area contributed by atoms with Crippen LogP contribution in [0.1, 0.15) is 24.2 Å². The molecule has 0 aliphatic rings. The maximum atomic E-state index is 10.6. The number of carboxylic acid groups (broad SMARTS) is 1. The van der Waals surface area contributed by atoms with Gasteiger partial charge in [-0.3, -0.25) is 0 Å². The topological polar surface area (TPSA) is 85.5 Å². The highest BCUT2D eigenvalue weighted by Gasteiger charge is 2.10. The lowest BCUT2D eigenvalue weighted by molar-refractivity contribution is -0.131. The van der Waals surface area contributed by atoms with Crippen LogP contribution < -0.4 is 4.74 Å². The molecule has 6 nitrogen and oxygen atoms in total. The maximum absolute atomic E-state index is 10.6. The normalized spacial score (nSPS) is 11.0. The Kier molecular flexibility index (Phi) is 5.10. The van der Waals surface area contributed by atoms with Crippen LogP contribution in [0.2, 0.25) is 0 Å². The Morgan fingerprint density at radius 1 is 1.52 bits per heavy atom. The van der Waals surface area contributed by atoms with Crippen molar-refractivity contribution in [3.8, 4) is 5.75 Å². The highest BCUT2D eigenvalue weighted by molar-refractivity contribution is 9.10. The Balaban J connectivity index is 2.16. The second-order valence-corrected chi connectivity index (χ2v) is 4.93. The Morgan fingerprint density at radius 2 is 2.33 bits per heavy atom. The third kappa shape index (κ3) is 4.16. The minimum absolute atomic E-state index is 0.139. The molecule has 1 aromatic carbocycles. The standard InChI is InChI=1S/C14H13BrN2O4/c1-2-12-16-11(17-21-12)8-20-14-9(6-7-13(18)19)4-3-5-10(14)15/h3-7H,2,8H2,1H3,(H,18,19). The quantitative estimate of drug-likeness (QED) is 0.804. The molecule has 0 aliphatic carbocycles. The molecule has 0 saturated heterocycles. The highest BCUT2D eigenvalue weighted by Crippen LogP contribution is 2.30. The molecule has 0 radical (unpaired) electrons. The molecule has 1 N–H and O–H groups in total. The van der Waals surface area contributed by atoms with E-state index in [4.69, 9.17) is 14.4 Å². The number of benzene rings is 1. The van der Waals surface area contributed by atoms with Crippen molar-refractivity contribution in [3.63, 3.8) is 0 Å². The summed E-state index contributed by atoms with van der Waals surface area (Å²) < 4.78 is 11.4. The van der Waals surface area contributed by atoms with Gasteiger partial charge in [-0.15, -0.1) is 0 Å².